The van der Waals surface area contributed by atoms with Crippen LogP contribution in [0.15, 0.2) is 82.6 Å². The number of carbonyl (C=O) groups excluding carboxylic acids is 4. The van der Waals surface area contributed by atoms with Gasteiger partial charge < -0.3 is 39.6 Å². The van der Waals surface area contributed by atoms with Crippen molar-refractivity contribution in [2.24, 2.45) is 11.3 Å². The summed E-state index contributed by atoms with van der Waals surface area (Å²) in [6.07, 6.45) is 7.32. The van der Waals surface area contributed by atoms with Gasteiger partial charge in [0.1, 0.15) is 54.0 Å². The average molecular weight is 1100 g/mol. The normalized spacial score (nSPS) is 21.2. The Morgan fingerprint density at radius 1 is 0.962 bits per heavy atom. The molecule has 0 spiro atoms. The molecule has 7 rings (SSSR count). The zero-order valence-electron chi connectivity index (χ0n) is 46.8. The van der Waals surface area contributed by atoms with E-state index in [1.54, 1.807) is 58.4 Å². The largest absolute Gasteiger partial charge is 0.493 e. The van der Waals surface area contributed by atoms with Gasteiger partial charge in [0.05, 0.1) is 40.9 Å². The molecule has 14 nitrogen and oxygen atoms in total. The lowest BCUT2D eigenvalue weighted by Crippen LogP contribution is -2.58. The number of aliphatic hydroxyl groups excluding tert-OH is 1. The molecule has 3 heterocycles. The number of benzene rings is 2. The molecule has 2 aromatic carbocycles. The van der Waals surface area contributed by atoms with Crippen LogP contribution in [0.25, 0.3) is 10.4 Å². The number of rotatable bonds is 23. The summed E-state index contributed by atoms with van der Waals surface area (Å²) in [4.78, 5) is 62.4. The number of aliphatic hydroxyl groups is 1. The predicted molar refractivity (Wildman–Crippen MR) is 293 cm³/mol. The van der Waals surface area contributed by atoms with E-state index in [0.717, 1.165) is 38.4 Å². The summed E-state index contributed by atoms with van der Waals surface area (Å²) in [6.45, 7) is 17.2. The second-order valence-corrected chi connectivity index (χ2v) is 24.6. The molecular formula is C60H78F3N5O9S. The fourth-order valence-electron chi connectivity index (χ4n) is 10.8. The van der Waals surface area contributed by atoms with Crippen LogP contribution in [0.1, 0.15) is 130 Å². The maximum atomic E-state index is 16.4. The fourth-order valence-corrected chi connectivity index (χ4v) is 11.6. The number of likely N-dealkylation sites (tertiary alicyclic amines) is 1. The number of hydrogen-bond acceptors (Lipinski definition) is 12. The first-order valence-electron chi connectivity index (χ1n) is 27.1. The molecule has 3 aromatic rings. The first-order valence-corrected chi connectivity index (χ1v) is 28.0. The van der Waals surface area contributed by atoms with E-state index in [9.17, 15) is 24.3 Å². The van der Waals surface area contributed by atoms with E-state index < -0.39 is 82.3 Å². The standard InChI is InChI=1S/C60H78F3N5O9S/c1-36-25-45-44-18-12-11-15-40(44)26-46(45)53(68(36)34-60(9,10)63)52-47(61)28-43(29-48(52)62)75-24-14-17-42(76-33-51(71)77-59(6,7)8)16-13-23-74-32-50(70)66-55(58(3,4)5)57(73)67-31-41(69)27-49(67)56(72)64-30-38-19-21-39(22-20-38)54-37(2)65-35-78-54/h11,15,18-22,28-29,35-36,41-42,44,49,53,55,69H,13-14,16-17,23-27,30-34H2,1-10H3,(H,64,72)(H,66,70)/t36-,41-,42?,44?,49+,53?,55-/m1/s1. The average Bonchev–Trinajstić information content (AvgIpc) is 4.28. The van der Waals surface area contributed by atoms with Crippen LogP contribution in [0, 0.1) is 29.9 Å². The number of thiazole rings is 1. The summed E-state index contributed by atoms with van der Waals surface area (Å²) in [5.74, 6) is -3.53. The number of esters is 1. The fraction of sp³-hybridized carbons (Fsp3) is 0.567. The molecule has 4 aliphatic rings. The second kappa shape index (κ2) is 25.7. The molecule has 18 heteroatoms. The molecule has 424 valence electrons. The summed E-state index contributed by atoms with van der Waals surface area (Å²) >= 11 is 1.55. The van der Waals surface area contributed by atoms with Gasteiger partial charge in [-0.15, -0.1) is 17.1 Å². The SMILES string of the molecule is Cc1ncsc1-c1ccc(CNC(=O)[C@@H]2C[C@@H](O)CN2C(=O)[C@@H](NC(=O)COCCCC(CCCOc2cc(F)c(C3C4=C(C[C@@H](C)N3CC(C)(C)F)C3C=C=CC=C3C4)c(F)c2)OCC(=O)OC(C)(C)C)C(C)(C)C)cc1. The van der Waals surface area contributed by atoms with Crippen molar-refractivity contribution in [3.63, 3.8) is 0 Å². The molecule has 3 N–H and O–H groups in total. The van der Waals surface area contributed by atoms with Crippen LogP contribution >= 0.6 is 11.3 Å². The number of allylic oxidation sites excluding steroid dienone is 3. The van der Waals surface area contributed by atoms with Crippen molar-refractivity contribution < 1.29 is 56.4 Å². The number of alkyl halides is 1. The van der Waals surface area contributed by atoms with Crippen LogP contribution in [-0.2, 0) is 39.9 Å². The Bertz CT molecular complexity index is 2750. The number of aromatic nitrogens is 1. The highest BCUT2D eigenvalue weighted by Gasteiger charge is 2.46. The summed E-state index contributed by atoms with van der Waals surface area (Å²) in [6, 6.07) is 7.20. The highest BCUT2D eigenvalue weighted by atomic mass is 32.1. The maximum Gasteiger partial charge on any atom is 0.332 e. The van der Waals surface area contributed by atoms with Crippen LogP contribution in [0.3, 0.4) is 0 Å². The van der Waals surface area contributed by atoms with Crippen molar-refractivity contribution in [1.29, 1.82) is 0 Å². The zero-order valence-corrected chi connectivity index (χ0v) is 47.6. The smallest absolute Gasteiger partial charge is 0.332 e. The van der Waals surface area contributed by atoms with Crippen molar-refractivity contribution in [1.82, 2.24) is 25.4 Å². The number of amides is 3. The number of nitrogens with one attached hydrogen (secondary N) is 2. The number of aryl methyl sites for hydroxylation is 1. The number of hydrogen-bond donors (Lipinski definition) is 3. The molecule has 78 heavy (non-hydrogen) atoms. The van der Waals surface area contributed by atoms with E-state index in [-0.39, 0.29) is 75.8 Å². The lowest BCUT2D eigenvalue weighted by atomic mass is 9.83. The Morgan fingerprint density at radius 2 is 1.65 bits per heavy atom. The van der Waals surface area contributed by atoms with Gasteiger partial charge in [-0.25, -0.2) is 22.9 Å². The van der Waals surface area contributed by atoms with Crippen LogP contribution in [0.4, 0.5) is 13.2 Å². The monoisotopic (exact) mass is 1100 g/mol. The molecule has 1 aromatic heterocycles. The molecule has 7 atom stereocenters. The summed E-state index contributed by atoms with van der Waals surface area (Å²) in [7, 11) is 0. The summed E-state index contributed by atoms with van der Waals surface area (Å²) < 4.78 is 71.2. The van der Waals surface area contributed by atoms with Gasteiger partial charge in [-0.05, 0) is 121 Å². The minimum Gasteiger partial charge on any atom is -0.493 e. The highest BCUT2D eigenvalue weighted by Crippen LogP contribution is 2.53. The molecular weight excluding hydrogens is 1020 g/mol. The maximum absolute atomic E-state index is 16.4. The van der Waals surface area contributed by atoms with E-state index in [4.69, 9.17) is 18.9 Å². The van der Waals surface area contributed by atoms with Gasteiger partial charge in [0.25, 0.3) is 0 Å². The van der Waals surface area contributed by atoms with Gasteiger partial charge in [-0.2, -0.15) is 0 Å². The molecule has 0 radical (unpaired) electrons. The Kier molecular flexibility index (Phi) is 19.7. The van der Waals surface area contributed by atoms with Gasteiger partial charge in [-0.3, -0.25) is 19.3 Å². The number of halogens is 3. The van der Waals surface area contributed by atoms with Crippen molar-refractivity contribution in [2.45, 2.75) is 168 Å². The van der Waals surface area contributed by atoms with E-state index in [1.165, 1.54) is 30.9 Å². The summed E-state index contributed by atoms with van der Waals surface area (Å²) in [5.41, 5.74) is 7.70. The third kappa shape index (κ3) is 15.8. The van der Waals surface area contributed by atoms with Gasteiger partial charge in [0.15, 0.2) is 0 Å². The van der Waals surface area contributed by atoms with Crippen LogP contribution < -0.4 is 15.4 Å². The topological polar surface area (TPSA) is 169 Å². The summed E-state index contributed by atoms with van der Waals surface area (Å²) in [5, 5.41) is 16.4. The van der Waals surface area contributed by atoms with Crippen molar-refractivity contribution in [3.05, 3.63) is 111 Å². The van der Waals surface area contributed by atoms with E-state index in [1.807, 2.05) is 61.2 Å². The Labute approximate surface area is 461 Å². The third-order valence-corrected chi connectivity index (χ3v) is 15.4. The third-order valence-electron chi connectivity index (χ3n) is 14.4. The molecule has 3 amide bonds. The first-order chi connectivity index (χ1) is 36.8. The van der Waals surface area contributed by atoms with Gasteiger partial charge in [0, 0.05) is 62.3 Å². The molecule has 1 fully saturated rings. The van der Waals surface area contributed by atoms with Crippen LogP contribution in [-0.4, -0.2) is 125 Å². The number of carbonyl (C=O) groups is 4. The molecule has 2 aliphatic heterocycles. The lowest BCUT2D eigenvalue weighted by Gasteiger charge is -2.44. The van der Waals surface area contributed by atoms with Gasteiger partial charge >= 0.3 is 5.97 Å². The molecule has 3 unspecified atom stereocenters. The van der Waals surface area contributed by atoms with Crippen molar-refractivity contribution >= 4 is 35.0 Å². The highest BCUT2D eigenvalue weighted by molar-refractivity contribution is 7.13. The lowest BCUT2D eigenvalue weighted by molar-refractivity contribution is -0.162. The molecule has 0 saturated carbocycles. The Balaban J connectivity index is 0.908. The minimum absolute atomic E-state index is 0.00647. The minimum atomic E-state index is -1.61. The van der Waals surface area contributed by atoms with Gasteiger partial charge in [-0.1, -0.05) is 62.3 Å². The quantitative estimate of drug-likeness (QED) is 0.0358. The molecule has 0 bridgehead atoms. The van der Waals surface area contributed by atoms with Crippen molar-refractivity contribution in [3.8, 4) is 16.2 Å². The number of nitrogens with zero attached hydrogens (tertiary/aromatic N) is 3. The zero-order chi connectivity index (χ0) is 56.7. The predicted octanol–water partition coefficient (Wildman–Crippen LogP) is 9.74. The van der Waals surface area contributed by atoms with Crippen molar-refractivity contribution in [2.75, 3.05) is 39.5 Å². The van der Waals surface area contributed by atoms with Crippen LogP contribution in [0.5, 0.6) is 5.75 Å². The van der Waals surface area contributed by atoms with Crippen LogP contribution in [0.2, 0.25) is 0 Å². The first kappa shape index (κ1) is 60.0. The number of ether oxygens (including phenoxy) is 4. The van der Waals surface area contributed by atoms with Gasteiger partial charge in [0.2, 0.25) is 17.7 Å². The molecule has 1 saturated heterocycles. The van der Waals surface area contributed by atoms with E-state index in [0.29, 0.717) is 38.5 Å². The Hall–Kier alpha value is -5.62. The number of β-amino-alcohol motifs (C(OH)–C–C–N with tert-alkyl or cyclic N) is 1. The van der Waals surface area contributed by atoms with E-state index >= 15 is 13.2 Å². The van der Waals surface area contributed by atoms with E-state index in [2.05, 4.69) is 21.3 Å². The Morgan fingerprint density at radius 3 is 2.29 bits per heavy atom. The molecule has 2 aliphatic carbocycles. The second-order valence-electron chi connectivity index (χ2n) is 23.7. The number of fused-ring (bicyclic) bond motifs is 2.